The summed E-state index contributed by atoms with van der Waals surface area (Å²) in [6.45, 7) is 4.55. The predicted octanol–water partition coefficient (Wildman–Crippen LogP) is 3.85. The van der Waals surface area contributed by atoms with Crippen LogP contribution in [-0.4, -0.2) is 22.2 Å². The van der Waals surface area contributed by atoms with E-state index in [0.29, 0.717) is 5.92 Å². The maximum Gasteiger partial charge on any atom is 0.0816 e. The zero-order valence-electron chi connectivity index (χ0n) is 10.8. The highest BCUT2D eigenvalue weighted by Gasteiger charge is 2.50. The van der Waals surface area contributed by atoms with Gasteiger partial charge in [0.15, 0.2) is 0 Å². The second-order valence-corrected chi connectivity index (χ2v) is 7.40. The summed E-state index contributed by atoms with van der Waals surface area (Å²) in [6, 6.07) is 0. The summed E-state index contributed by atoms with van der Waals surface area (Å²) >= 11 is 1.95. The quantitative estimate of drug-likeness (QED) is 0.705. The number of hydrogen-bond donors (Lipinski definition) is 1. The van der Waals surface area contributed by atoms with E-state index in [2.05, 4.69) is 13.8 Å². The topological polar surface area (TPSA) is 20.2 Å². The molecule has 1 unspecified atom stereocenters. The first-order valence-electron chi connectivity index (χ1n) is 6.86. The maximum atomic E-state index is 11.1. The Hall–Kier alpha value is 0.310. The molecule has 1 saturated carbocycles. The Labute approximate surface area is 104 Å². The molecule has 1 N–H and O–H groups in total. The molecule has 0 aromatic rings. The van der Waals surface area contributed by atoms with Crippen molar-refractivity contribution in [3.63, 3.8) is 0 Å². The van der Waals surface area contributed by atoms with Crippen LogP contribution in [0.5, 0.6) is 0 Å². The minimum atomic E-state index is -0.403. The normalized spacial score (nSPS) is 36.9. The van der Waals surface area contributed by atoms with Crippen LogP contribution in [0.2, 0.25) is 0 Å². The number of aliphatic hydroxyl groups is 1. The maximum absolute atomic E-state index is 11.1. The minimum Gasteiger partial charge on any atom is -0.388 e. The lowest BCUT2D eigenvalue weighted by Gasteiger charge is -2.50. The molecular formula is C14H26OS. The van der Waals surface area contributed by atoms with Crippen LogP contribution in [0, 0.1) is 11.3 Å². The van der Waals surface area contributed by atoms with Crippen LogP contribution in [0.4, 0.5) is 0 Å². The van der Waals surface area contributed by atoms with Crippen LogP contribution >= 0.6 is 11.8 Å². The van der Waals surface area contributed by atoms with Crippen molar-refractivity contribution in [2.75, 3.05) is 11.5 Å². The van der Waals surface area contributed by atoms with E-state index in [9.17, 15) is 5.11 Å². The SMILES string of the molecule is CC1(C)CCSCC1(O)C1CCCCCC1. The monoisotopic (exact) mass is 242 g/mol. The van der Waals surface area contributed by atoms with Crippen molar-refractivity contribution in [1.82, 2.24) is 0 Å². The van der Waals surface area contributed by atoms with E-state index in [1.165, 1.54) is 50.7 Å². The fourth-order valence-electron chi connectivity index (χ4n) is 3.39. The van der Waals surface area contributed by atoms with Gasteiger partial charge in [-0.05, 0) is 36.3 Å². The van der Waals surface area contributed by atoms with E-state index in [1.54, 1.807) is 0 Å². The molecule has 1 saturated heterocycles. The molecule has 2 aliphatic rings. The van der Waals surface area contributed by atoms with Gasteiger partial charge in [0.05, 0.1) is 5.60 Å². The highest BCUT2D eigenvalue weighted by atomic mass is 32.2. The van der Waals surface area contributed by atoms with Crippen molar-refractivity contribution in [2.45, 2.75) is 64.4 Å². The van der Waals surface area contributed by atoms with E-state index in [4.69, 9.17) is 0 Å². The third kappa shape index (κ3) is 2.28. The Kier molecular flexibility index (Phi) is 3.90. The Balaban J connectivity index is 2.14. The molecule has 0 bridgehead atoms. The highest BCUT2D eigenvalue weighted by Crippen LogP contribution is 2.49. The van der Waals surface area contributed by atoms with Gasteiger partial charge in [0.25, 0.3) is 0 Å². The Morgan fingerprint density at radius 3 is 2.25 bits per heavy atom. The lowest BCUT2D eigenvalue weighted by molar-refractivity contribution is -0.102. The lowest BCUT2D eigenvalue weighted by atomic mass is 9.65. The van der Waals surface area contributed by atoms with Crippen LogP contribution in [0.15, 0.2) is 0 Å². The molecule has 1 aliphatic heterocycles. The van der Waals surface area contributed by atoms with E-state index < -0.39 is 5.60 Å². The molecule has 0 amide bonds. The molecule has 1 atom stereocenters. The van der Waals surface area contributed by atoms with Gasteiger partial charge < -0.3 is 5.11 Å². The molecule has 0 aromatic carbocycles. The Morgan fingerprint density at radius 2 is 1.69 bits per heavy atom. The van der Waals surface area contributed by atoms with Gasteiger partial charge in [0.2, 0.25) is 0 Å². The molecule has 94 valence electrons. The molecular weight excluding hydrogens is 216 g/mol. The van der Waals surface area contributed by atoms with Gasteiger partial charge in [-0.15, -0.1) is 0 Å². The van der Waals surface area contributed by atoms with Crippen molar-refractivity contribution < 1.29 is 5.11 Å². The van der Waals surface area contributed by atoms with Crippen molar-refractivity contribution in [2.24, 2.45) is 11.3 Å². The second kappa shape index (κ2) is 4.89. The number of rotatable bonds is 1. The zero-order valence-corrected chi connectivity index (χ0v) is 11.6. The summed E-state index contributed by atoms with van der Waals surface area (Å²) in [5.74, 6) is 2.74. The predicted molar refractivity (Wildman–Crippen MR) is 71.9 cm³/mol. The smallest absolute Gasteiger partial charge is 0.0816 e. The van der Waals surface area contributed by atoms with Crippen molar-refractivity contribution >= 4 is 11.8 Å². The van der Waals surface area contributed by atoms with E-state index in [1.807, 2.05) is 11.8 Å². The van der Waals surface area contributed by atoms with E-state index in [0.717, 1.165) is 5.75 Å². The summed E-state index contributed by atoms with van der Waals surface area (Å²) in [5.41, 5.74) is -0.284. The lowest BCUT2D eigenvalue weighted by Crippen LogP contribution is -2.55. The molecule has 2 heteroatoms. The van der Waals surface area contributed by atoms with Gasteiger partial charge in [-0.3, -0.25) is 0 Å². The first-order chi connectivity index (χ1) is 7.56. The average Bonchev–Trinajstić information content (AvgIpc) is 2.51. The van der Waals surface area contributed by atoms with Gasteiger partial charge >= 0.3 is 0 Å². The van der Waals surface area contributed by atoms with Gasteiger partial charge in [0, 0.05) is 5.75 Å². The van der Waals surface area contributed by atoms with Gasteiger partial charge in [-0.25, -0.2) is 0 Å². The molecule has 0 aromatic heterocycles. The Morgan fingerprint density at radius 1 is 1.06 bits per heavy atom. The van der Waals surface area contributed by atoms with Crippen LogP contribution in [0.3, 0.4) is 0 Å². The summed E-state index contributed by atoms with van der Waals surface area (Å²) in [6.07, 6.45) is 9.08. The third-order valence-electron chi connectivity index (χ3n) is 4.90. The largest absolute Gasteiger partial charge is 0.388 e. The fourth-order valence-corrected chi connectivity index (χ4v) is 5.13. The fraction of sp³-hybridized carbons (Fsp3) is 1.00. The first kappa shape index (κ1) is 12.8. The molecule has 1 aliphatic carbocycles. The molecule has 2 rings (SSSR count). The molecule has 16 heavy (non-hydrogen) atoms. The van der Waals surface area contributed by atoms with Crippen LogP contribution in [-0.2, 0) is 0 Å². The minimum absolute atomic E-state index is 0.118. The number of hydrogen-bond acceptors (Lipinski definition) is 2. The standard InChI is InChI=1S/C14H26OS/c1-13(2)9-10-16-11-14(13,15)12-7-5-3-4-6-8-12/h12,15H,3-11H2,1-2H3. The summed E-state index contributed by atoms with van der Waals surface area (Å²) in [7, 11) is 0. The first-order valence-corrected chi connectivity index (χ1v) is 8.02. The molecule has 0 spiro atoms. The van der Waals surface area contributed by atoms with Crippen molar-refractivity contribution in [3.05, 3.63) is 0 Å². The van der Waals surface area contributed by atoms with Crippen molar-refractivity contribution in [1.29, 1.82) is 0 Å². The Bertz CT molecular complexity index is 231. The molecule has 0 radical (unpaired) electrons. The van der Waals surface area contributed by atoms with Gasteiger partial charge in [-0.2, -0.15) is 11.8 Å². The second-order valence-electron chi connectivity index (χ2n) is 6.30. The zero-order chi connectivity index (χ0) is 11.6. The summed E-state index contributed by atoms with van der Waals surface area (Å²) < 4.78 is 0. The average molecular weight is 242 g/mol. The summed E-state index contributed by atoms with van der Waals surface area (Å²) in [4.78, 5) is 0. The molecule has 1 nitrogen and oxygen atoms in total. The number of thioether (sulfide) groups is 1. The van der Waals surface area contributed by atoms with Crippen molar-refractivity contribution in [3.8, 4) is 0 Å². The third-order valence-corrected chi connectivity index (χ3v) is 6.03. The van der Waals surface area contributed by atoms with Gasteiger partial charge in [0.1, 0.15) is 0 Å². The van der Waals surface area contributed by atoms with Crippen LogP contribution < -0.4 is 0 Å². The van der Waals surface area contributed by atoms with E-state index >= 15 is 0 Å². The van der Waals surface area contributed by atoms with Crippen LogP contribution in [0.1, 0.15) is 58.8 Å². The molecule has 2 fully saturated rings. The molecule has 1 heterocycles. The van der Waals surface area contributed by atoms with Gasteiger partial charge in [-0.1, -0.05) is 39.5 Å². The van der Waals surface area contributed by atoms with E-state index in [-0.39, 0.29) is 5.41 Å². The highest BCUT2D eigenvalue weighted by molar-refractivity contribution is 7.99. The summed E-state index contributed by atoms with van der Waals surface area (Å²) in [5, 5.41) is 11.1. The van der Waals surface area contributed by atoms with Crippen LogP contribution in [0.25, 0.3) is 0 Å².